The lowest BCUT2D eigenvalue weighted by molar-refractivity contribution is 0.101. The molecule has 5 rings (SSSR count). The third-order valence-electron chi connectivity index (χ3n) is 5.72. The molecule has 3 heterocycles. The Kier molecular flexibility index (Phi) is 5.83. The Morgan fingerprint density at radius 1 is 1.06 bits per heavy atom. The van der Waals surface area contributed by atoms with Crippen LogP contribution in [0.3, 0.4) is 0 Å². The molecule has 0 bridgehead atoms. The first-order valence-corrected chi connectivity index (χ1v) is 12.2. The molecule has 0 unspecified atom stereocenters. The molecule has 0 aliphatic carbocycles. The topological polar surface area (TPSA) is 119 Å². The summed E-state index contributed by atoms with van der Waals surface area (Å²) < 4.78 is 39.4. The van der Waals surface area contributed by atoms with Crippen molar-refractivity contribution in [2.75, 3.05) is 6.79 Å². The van der Waals surface area contributed by atoms with Crippen LogP contribution in [0.4, 0.5) is 0 Å². The highest BCUT2D eigenvalue weighted by Gasteiger charge is 2.27. The largest absolute Gasteiger partial charge is 0.454 e. The van der Waals surface area contributed by atoms with Crippen molar-refractivity contribution in [2.45, 2.75) is 24.9 Å². The fourth-order valence-electron chi connectivity index (χ4n) is 3.89. The predicted molar refractivity (Wildman–Crippen MR) is 128 cm³/mol. The Morgan fingerprint density at radius 2 is 1.86 bits per heavy atom. The molecule has 1 aliphatic rings. The number of rotatable bonds is 7. The minimum Gasteiger partial charge on any atom is -0.454 e. The average molecular weight is 492 g/mol. The highest BCUT2D eigenvalue weighted by molar-refractivity contribution is 7.89. The van der Waals surface area contributed by atoms with Gasteiger partial charge < -0.3 is 14.5 Å². The number of pyridine rings is 2. The van der Waals surface area contributed by atoms with Crippen molar-refractivity contribution in [3.63, 3.8) is 0 Å². The van der Waals surface area contributed by atoms with Crippen LogP contribution in [-0.2, 0) is 23.1 Å². The molecule has 2 aromatic carbocycles. The minimum atomic E-state index is -4.08. The Balaban J connectivity index is 1.57. The highest BCUT2D eigenvalue weighted by atomic mass is 32.2. The fraction of sp³-hybridized carbons (Fsp3) is 0.160. The van der Waals surface area contributed by atoms with E-state index in [0.29, 0.717) is 28.0 Å². The number of ketones is 1. The number of hydrogen-bond acceptors (Lipinski definition) is 7. The Hall–Kier alpha value is -4.02. The summed E-state index contributed by atoms with van der Waals surface area (Å²) in [5.74, 6) is 0.842. The van der Waals surface area contributed by atoms with E-state index in [1.165, 1.54) is 29.4 Å². The molecule has 0 saturated carbocycles. The summed E-state index contributed by atoms with van der Waals surface area (Å²) in [6.07, 6.45) is 3.16. The molecule has 4 aromatic rings. The standard InChI is InChI=1S/C25H21N3O6S/c1-16(29)18-5-2-6-21(9-18)35(31,32)28(13-17-4-3-7-26-12-17)14-20-8-19-10-23-24(34-15-33-23)11-22(19)27-25(20)30/h2-12H,13-15H2,1H3,(H,27,30). The molecule has 0 amide bonds. The van der Waals surface area contributed by atoms with E-state index in [1.807, 2.05) is 0 Å². The molecule has 1 aliphatic heterocycles. The maximum Gasteiger partial charge on any atom is 0.252 e. The van der Waals surface area contributed by atoms with Gasteiger partial charge in [-0.3, -0.25) is 14.6 Å². The third kappa shape index (κ3) is 4.53. The lowest BCUT2D eigenvalue weighted by Gasteiger charge is -2.22. The molecule has 9 nitrogen and oxygen atoms in total. The molecule has 2 aromatic heterocycles. The average Bonchev–Trinajstić information content (AvgIpc) is 3.30. The van der Waals surface area contributed by atoms with Crippen LogP contribution in [0.5, 0.6) is 11.5 Å². The van der Waals surface area contributed by atoms with Gasteiger partial charge in [-0.2, -0.15) is 4.31 Å². The number of ether oxygens (including phenoxy) is 2. The van der Waals surface area contributed by atoms with Gasteiger partial charge in [0.25, 0.3) is 5.56 Å². The summed E-state index contributed by atoms with van der Waals surface area (Å²) in [5.41, 5.74) is 1.33. The minimum absolute atomic E-state index is 0.0148. The smallest absolute Gasteiger partial charge is 0.252 e. The van der Waals surface area contributed by atoms with Crippen molar-refractivity contribution in [3.8, 4) is 11.5 Å². The second kappa shape index (κ2) is 8.97. The van der Waals surface area contributed by atoms with Crippen molar-refractivity contribution >= 4 is 26.7 Å². The van der Waals surface area contributed by atoms with Gasteiger partial charge >= 0.3 is 0 Å². The van der Waals surface area contributed by atoms with Crippen LogP contribution in [0.2, 0.25) is 0 Å². The van der Waals surface area contributed by atoms with E-state index in [1.54, 1.807) is 48.8 Å². The van der Waals surface area contributed by atoms with Crippen LogP contribution in [0.1, 0.15) is 28.4 Å². The van der Waals surface area contributed by atoms with Gasteiger partial charge in [0.2, 0.25) is 16.8 Å². The zero-order valence-corrected chi connectivity index (χ0v) is 19.5. The van der Waals surface area contributed by atoms with E-state index in [-0.39, 0.29) is 41.7 Å². The van der Waals surface area contributed by atoms with Gasteiger partial charge in [-0.25, -0.2) is 8.42 Å². The molecule has 0 atom stereocenters. The monoisotopic (exact) mass is 491 g/mol. The van der Waals surface area contributed by atoms with Gasteiger partial charge in [0.15, 0.2) is 17.3 Å². The molecule has 10 heteroatoms. The van der Waals surface area contributed by atoms with Crippen molar-refractivity contribution in [1.82, 2.24) is 14.3 Å². The number of aromatic nitrogens is 2. The van der Waals surface area contributed by atoms with Crippen LogP contribution >= 0.6 is 0 Å². The van der Waals surface area contributed by atoms with E-state index < -0.39 is 15.6 Å². The zero-order valence-electron chi connectivity index (χ0n) is 18.7. The van der Waals surface area contributed by atoms with E-state index in [0.717, 1.165) is 0 Å². The molecule has 0 spiro atoms. The number of benzene rings is 2. The molecule has 178 valence electrons. The van der Waals surface area contributed by atoms with Crippen molar-refractivity contribution in [1.29, 1.82) is 0 Å². The molecule has 1 N–H and O–H groups in total. The quantitative estimate of drug-likeness (QED) is 0.394. The normalized spacial score (nSPS) is 12.9. The van der Waals surface area contributed by atoms with Crippen molar-refractivity contribution in [2.24, 2.45) is 0 Å². The first kappa shape index (κ1) is 22.8. The number of fused-ring (bicyclic) bond motifs is 2. The number of carbonyl (C=O) groups excluding carboxylic acids is 1. The van der Waals surface area contributed by atoms with Crippen LogP contribution in [0.25, 0.3) is 10.9 Å². The van der Waals surface area contributed by atoms with E-state index in [4.69, 9.17) is 9.47 Å². The van der Waals surface area contributed by atoms with Gasteiger partial charge in [-0.05, 0) is 42.8 Å². The number of sulfonamides is 1. The Bertz CT molecular complexity index is 1600. The summed E-state index contributed by atoms with van der Waals surface area (Å²) in [7, 11) is -4.08. The molecule has 0 saturated heterocycles. The number of hydrogen-bond donors (Lipinski definition) is 1. The van der Waals surface area contributed by atoms with E-state index in [2.05, 4.69) is 9.97 Å². The maximum atomic E-state index is 13.7. The lowest BCUT2D eigenvalue weighted by Crippen LogP contribution is -2.32. The Labute approximate surface area is 201 Å². The zero-order chi connectivity index (χ0) is 24.6. The van der Waals surface area contributed by atoms with Gasteiger partial charge in [0.1, 0.15) is 0 Å². The van der Waals surface area contributed by atoms with Gasteiger partial charge in [0.05, 0.1) is 10.4 Å². The van der Waals surface area contributed by atoms with E-state index >= 15 is 0 Å². The molecular formula is C25H21N3O6S. The molecular weight excluding hydrogens is 470 g/mol. The number of H-pyrrole nitrogens is 1. The molecule has 0 fully saturated rings. The maximum absolute atomic E-state index is 13.7. The molecule has 0 radical (unpaired) electrons. The van der Waals surface area contributed by atoms with Crippen molar-refractivity contribution in [3.05, 3.63) is 94.0 Å². The number of nitrogens with one attached hydrogen (secondary N) is 1. The van der Waals surface area contributed by atoms with Gasteiger partial charge in [0, 0.05) is 48.1 Å². The first-order valence-electron chi connectivity index (χ1n) is 10.8. The predicted octanol–water partition coefficient (Wildman–Crippen LogP) is 3.25. The number of Topliss-reactive ketones (excluding diaryl/α,β-unsaturated/α-hetero) is 1. The van der Waals surface area contributed by atoms with Gasteiger partial charge in [-0.15, -0.1) is 0 Å². The van der Waals surface area contributed by atoms with Crippen LogP contribution in [-0.4, -0.2) is 35.3 Å². The number of aromatic amines is 1. The number of carbonyl (C=O) groups is 1. The third-order valence-corrected chi connectivity index (χ3v) is 7.51. The fourth-order valence-corrected chi connectivity index (χ4v) is 5.35. The lowest BCUT2D eigenvalue weighted by atomic mass is 10.1. The van der Waals surface area contributed by atoms with Crippen LogP contribution in [0, 0.1) is 0 Å². The SMILES string of the molecule is CC(=O)c1cccc(S(=O)(=O)N(Cc2cccnc2)Cc2cc3cc4c(cc3[nH]c2=O)OCO4)c1. The summed E-state index contributed by atoms with van der Waals surface area (Å²) in [5, 5.41) is 0.682. The van der Waals surface area contributed by atoms with Crippen LogP contribution < -0.4 is 15.0 Å². The van der Waals surface area contributed by atoms with Gasteiger partial charge in [-0.1, -0.05) is 18.2 Å². The first-order chi connectivity index (χ1) is 16.8. The van der Waals surface area contributed by atoms with Crippen LogP contribution in [0.15, 0.2) is 76.7 Å². The van der Waals surface area contributed by atoms with E-state index in [9.17, 15) is 18.0 Å². The second-order valence-corrected chi connectivity index (χ2v) is 10.1. The second-order valence-electron chi connectivity index (χ2n) is 8.13. The summed E-state index contributed by atoms with van der Waals surface area (Å²) in [6.45, 7) is 1.26. The molecule has 35 heavy (non-hydrogen) atoms. The highest BCUT2D eigenvalue weighted by Crippen LogP contribution is 2.35. The summed E-state index contributed by atoms with van der Waals surface area (Å²) in [4.78, 5) is 31.6. The summed E-state index contributed by atoms with van der Waals surface area (Å²) in [6, 6.07) is 14.4. The summed E-state index contributed by atoms with van der Waals surface area (Å²) >= 11 is 0. The Morgan fingerprint density at radius 3 is 2.60 bits per heavy atom. The number of nitrogens with zero attached hydrogens (tertiary/aromatic N) is 2. The van der Waals surface area contributed by atoms with Crippen molar-refractivity contribution < 1.29 is 22.7 Å².